The summed E-state index contributed by atoms with van der Waals surface area (Å²) in [5, 5.41) is 6.83. The maximum absolute atomic E-state index is 12.4. The first kappa shape index (κ1) is 20.9. The molecule has 4 aromatic rings. The van der Waals surface area contributed by atoms with E-state index in [0.29, 0.717) is 17.3 Å². The maximum Gasteiger partial charge on any atom is 0.324 e. The van der Waals surface area contributed by atoms with Crippen LogP contribution in [0.4, 0.5) is 11.7 Å². The van der Waals surface area contributed by atoms with Crippen LogP contribution in [0, 0.1) is 0 Å². The van der Waals surface area contributed by atoms with Gasteiger partial charge in [-0.1, -0.05) is 23.4 Å². The minimum absolute atomic E-state index is 0.0481. The third kappa shape index (κ3) is 5.23. The minimum Gasteiger partial charge on any atom is -0.497 e. The highest BCUT2D eigenvalue weighted by atomic mass is 16.5. The van der Waals surface area contributed by atoms with Crippen molar-refractivity contribution in [2.45, 2.75) is 0 Å². The van der Waals surface area contributed by atoms with Gasteiger partial charge in [0.15, 0.2) is 0 Å². The van der Waals surface area contributed by atoms with E-state index >= 15 is 0 Å². The van der Waals surface area contributed by atoms with Crippen molar-refractivity contribution < 1.29 is 18.8 Å². The molecule has 1 heterocycles. The molecule has 0 unspecified atom stereocenters. The lowest BCUT2D eigenvalue weighted by Gasteiger charge is -2.13. The number of nitrogens with zero attached hydrogens (tertiary/aromatic N) is 3. The average molecular weight is 430 g/mol. The fourth-order valence-corrected chi connectivity index (χ4v) is 2.94. The van der Waals surface area contributed by atoms with Crippen molar-refractivity contribution in [2.75, 3.05) is 30.9 Å². The molecule has 0 bridgehead atoms. The van der Waals surface area contributed by atoms with Gasteiger partial charge in [-0.3, -0.25) is 4.79 Å². The van der Waals surface area contributed by atoms with Gasteiger partial charge < -0.3 is 24.2 Å². The van der Waals surface area contributed by atoms with Crippen LogP contribution in [-0.4, -0.2) is 36.8 Å². The monoisotopic (exact) mass is 430 g/mol. The number of carbonyl (C=O) groups is 1. The molecule has 32 heavy (non-hydrogen) atoms. The van der Waals surface area contributed by atoms with Gasteiger partial charge in [0.25, 0.3) is 0 Å². The number of aromatic nitrogens is 2. The first-order chi connectivity index (χ1) is 15.6. The number of hydrogen-bond donors (Lipinski definition) is 1. The van der Waals surface area contributed by atoms with E-state index in [4.69, 9.17) is 14.0 Å². The molecule has 0 saturated heterocycles. The van der Waals surface area contributed by atoms with Crippen LogP contribution in [0.25, 0.3) is 11.4 Å². The number of benzene rings is 3. The Kier molecular flexibility index (Phi) is 6.31. The van der Waals surface area contributed by atoms with Crippen molar-refractivity contribution in [1.29, 1.82) is 0 Å². The summed E-state index contributed by atoms with van der Waals surface area (Å²) in [6, 6.07) is 24.2. The smallest absolute Gasteiger partial charge is 0.324 e. The van der Waals surface area contributed by atoms with Gasteiger partial charge in [0, 0.05) is 18.3 Å². The number of methoxy groups -OCH3 is 1. The Morgan fingerprint density at radius 1 is 0.938 bits per heavy atom. The van der Waals surface area contributed by atoms with Crippen molar-refractivity contribution >= 4 is 17.6 Å². The molecule has 0 fully saturated rings. The summed E-state index contributed by atoms with van der Waals surface area (Å²) < 4.78 is 16.2. The minimum atomic E-state index is -0.214. The third-order valence-electron chi connectivity index (χ3n) is 4.59. The van der Waals surface area contributed by atoms with Gasteiger partial charge in [-0.25, -0.2) is 0 Å². The summed E-state index contributed by atoms with van der Waals surface area (Å²) in [7, 11) is 3.32. The topological polar surface area (TPSA) is 89.7 Å². The van der Waals surface area contributed by atoms with Gasteiger partial charge in [0.1, 0.15) is 23.8 Å². The van der Waals surface area contributed by atoms with Crippen LogP contribution in [0.3, 0.4) is 0 Å². The summed E-state index contributed by atoms with van der Waals surface area (Å²) in [6.45, 7) is 0.0481. The standard InChI is InChI=1S/C24H22N4O4/c1-28(24-26-23(27-32-24)17-8-12-19(30-2)13-9-17)16-22(29)25-18-10-14-21(15-11-18)31-20-6-4-3-5-7-20/h3-15H,16H2,1-2H3,(H,25,29). The van der Waals surface area contributed by atoms with Gasteiger partial charge in [0.2, 0.25) is 11.7 Å². The summed E-state index contributed by atoms with van der Waals surface area (Å²) in [4.78, 5) is 18.4. The van der Waals surface area contributed by atoms with Gasteiger partial charge in [-0.05, 0) is 60.7 Å². The molecule has 1 N–H and O–H groups in total. The molecule has 0 atom stereocenters. The van der Waals surface area contributed by atoms with E-state index in [9.17, 15) is 4.79 Å². The summed E-state index contributed by atoms with van der Waals surface area (Å²) >= 11 is 0. The van der Waals surface area contributed by atoms with Crippen LogP contribution >= 0.6 is 0 Å². The molecule has 4 rings (SSSR count). The van der Waals surface area contributed by atoms with Crippen LogP contribution < -0.4 is 19.7 Å². The second-order valence-electron chi connectivity index (χ2n) is 6.97. The Morgan fingerprint density at radius 3 is 2.28 bits per heavy atom. The zero-order valence-corrected chi connectivity index (χ0v) is 17.7. The van der Waals surface area contributed by atoms with Crippen LogP contribution in [0.5, 0.6) is 17.2 Å². The molecule has 1 amide bonds. The zero-order valence-electron chi connectivity index (χ0n) is 17.7. The SMILES string of the molecule is COc1ccc(-c2noc(N(C)CC(=O)Nc3ccc(Oc4ccccc4)cc3)n2)cc1. The Morgan fingerprint density at radius 2 is 1.59 bits per heavy atom. The number of anilines is 2. The van der Waals surface area contributed by atoms with Crippen LogP contribution in [0.2, 0.25) is 0 Å². The molecule has 8 heteroatoms. The molecule has 3 aromatic carbocycles. The summed E-state index contributed by atoms with van der Waals surface area (Å²) in [6.07, 6.45) is 0. The number of carbonyl (C=O) groups excluding carboxylic acids is 1. The predicted octanol–water partition coefficient (Wildman–Crippen LogP) is 4.61. The van der Waals surface area contributed by atoms with E-state index < -0.39 is 0 Å². The summed E-state index contributed by atoms with van der Waals surface area (Å²) in [5.74, 6) is 2.39. The number of rotatable bonds is 8. The number of hydrogen-bond acceptors (Lipinski definition) is 7. The highest BCUT2D eigenvalue weighted by Crippen LogP contribution is 2.23. The molecule has 0 aliphatic rings. The average Bonchev–Trinajstić information content (AvgIpc) is 3.32. The van der Waals surface area contributed by atoms with E-state index in [1.165, 1.54) is 0 Å². The lowest BCUT2D eigenvalue weighted by molar-refractivity contribution is -0.115. The third-order valence-corrected chi connectivity index (χ3v) is 4.59. The molecule has 0 saturated carbocycles. The lowest BCUT2D eigenvalue weighted by Crippen LogP contribution is -2.30. The quantitative estimate of drug-likeness (QED) is 0.436. The van der Waals surface area contributed by atoms with Gasteiger partial charge >= 0.3 is 6.01 Å². The molecule has 162 valence electrons. The van der Waals surface area contributed by atoms with E-state index in [2.05, 4.69) is 15.5 Å². The van der Waals surface area contributed by atoms with E-state index in [-0.39, 0.29) is 18.5 Å². The van der Waals surface area contributed by atoms with Crippen molar-refractivity contribution in [3.8, 4) is 28.6 Å². The van der Waals surface area contributed by atoms with Crippen LogP contribution in [-0.2, 0) is 4.79 Å². The van der Waals surface area contributed by atoms with E-state index in [1.54, 1.807) is 43.3 Å². The molecule has 0 spiro atoms. The molecule has 0 aliphatic heterocycles. The second-order valence-corrected chi connectivity index (χ2v) is 6.97. The normalized spacial score (nSPS) is 10.4. The maximum atomic E-state index is 12.4. The van der Waals surface area contributed by atoms with Crippen molar-refractivity contribution in [1.82, 2.24) is 10.1 Å². The van der Waals surface area contributed by atoms with Gasteiger partial charge in [-0.2, -0.15) is 4.98 Å². The Labute approximate surface area is 185 Å². The second kappa shape index (κ2) is 9.65. The Hall–Kier alpha value is -4.33. The highest BCUT2D eigenvalue weighted by Gasteiger charge is 2.15. The molecule has 1 aromatic heterocycles. The van der Waals surface area contributed by atoms with Crippen LogP contribution in [0.1, 0.15) is 0 Å². The van der Waals surface area contributed by atoms with E-state index in [0.717, 1.165) is 17.1 Å². The molecule has 0 aliphatic carbocycles. The van der Waals surface area contributed by atoms with Crippen molar-refractivity contribution in [2.24, 2.45) is 0 Å². The molecule has 8 nitrogen and oxygen atoms in total. The largest absolute Gasteiger partial charge is 0.497 e. The molecular formula is C24H22N4O4. The number of para-hydroxylation sites is 1. The first-order valence-electron chi connectivity index (χ1n) is 9.93. The predicted molar refractivity (Wildman–Crippen MR) is 121 cm³/mol. The highest BCUT2D eigenvalue weighted by molar-refractivity contribution is 5.93. The number of likely N-dealkylation sites (N-methyl/N-ethyl adjacent to an activating group) is 1. The fourth-order valence-electron chi connectivity index (χ4n) is 2.94. The van der Waals surface area contributed by atoms with E-state index in [1.807, 2.05) is 54.6 Å². The number of nitrogens with one attached hydrogen (secondary N) is 1. The summed E-state index contributed by atoms with van der Waals surface area (Å²) in [5.41, 5.74) is 1.45. The molecule has 0 radical (unpaired) electrons. The Bertz CT molecular complexity index is 1160. The van der Waals surface area contributed by atoms with Crippen molar-refractivity contribution in [3.05, 3.63) is 78.9 Å². The van der Waals surface area contributed by atoms with Gasteiger partial charge in [-0.15, -0.1) is 0 Å². The van der Waals surface area contributed by atoms with Crippen LogP contribution in [0.15, 0.2) is 83.4 Å². The number of amides is 1. The van der Waals surface area contributed by atoms with Crippen molar-refractivity contribution in [3.63, 3.8) is 0 Å². The van der Waals surface area contributed by atoms with Gasteiger partial charge in [0.05, 0.1) is 7.11 Å². The zero-order chi connectivity index (χ0) is 22.3. The first-order valence-corrected chi connectivity index (χ1v) is 9.93. The fraction of sp³-hybridized carbons (Fsp3) is 0.125. The number of ether oxygens (including phenoxy) is 2. The molecular weight excluding hydrogens is 408 g/mol. The Balaban J connectivity index is 1.32. The lowest BCUT2D eigenvalue weighted by atomic mass is 10.2.